The van der Waals surface area contributed by atoms with E-state index < -0.39 is 0 Å². The Morgan fingerprint density at radius 1 is 1.18 bits per heavy atom. The minimum Gasteiger partial charge on any atom is -0.348 e. The van der Waals surface area contributed by atoms with E-state index in [0.717, 1.165) is 31.5 Å². The maximum Gasteiger partial charge on any atom is 0.272 e. The number of anilines is 1. The molecule has 1 N–H and O–H groups in total. The van der Waals surface area contributed by atoms with Crippen LogP contribution in [0.5, 0.6) is 0 Å². The third-order valence-electron chi connectivity index (χ3n) is 3.91. The maximum atomic E-state index is 12.4. The van der Waals surface area contributed by atoms with E-state index in [1.165, 1.54) is 0 Å². The number of hydrogen-bond donors (Lipinski definition) is 1. The maximum absolute atomic E-state index is 12.4. The van der Waals surface area contributed by atoms with Crippen molar-refractivity contribution in [1.82, 2.24) is 14.9 Å². The fraction of sp³-hybridized carbons (Fsp3) is 0.353. The van der Waals surface area contributed by atoms with Crippen LogP contribution in [0.2, 0.25) is 0 Å². The highest BCUT2D eigenvalue weighted by atomic mass is 16.2. The molecular weight excluding hydrogens is 276 g/mol. The number of nitrogens with one attached hydrogen (secondary N) is 1. The van der Waals surface area contributed by atoms with Gasteiger partial charge in [0.15, 0.2) is 0 Å². The summed E-state index contributed by atoms with van der Waals surface area (Å²) in [5.74, 6) is 0.483. The van der Waals surface area contributed by atoms with Crippen molar-refractivity contribution in [3.05, 3.63) is 53.9 Å². The van der Waals surface area contributed by atoms with Crippen molar-refractivity contribution in [2.75, 3.05) is 18.4 Å². The van der Waals surface area contributed by atoms with Crippen molar-refractivity contribution < 1.29 is 4.79 Å². The highest BCUT2D eigenvalue weighted by molar-refractivity contribution is 5.92. The van der Waals surface area contributed by atoms with E-state index in [0.29, 0.717) is 11.6 Å². The molecule has 1 aliphatic rings. The minimum absolute atomic E-state index is 0.00434. The summed E-state index contributed by atoms with van der Waals surface area (Å²) in [6.07, 6.45) is 3.79. The Bertz CT molecular complexity index is 638. The van der Waals surface area contributed by atoms with Crippen LogP contribution in [0.25, 0.3) is 0 Å². The second kappa shape index (κ2) is 6.56. The smallest absolute Gasteiger partial charge is 0.272 e. The zero-order chi connectivity index (χ0) is 15.4. The predicted octanol–water partition coefficient (Wildman–Crippen LogP) is 2.89. The second-order valence-corrected chi connectivity index (χ2v) is 5.54. The Hall–Kier alpha value is -2.43. The molecule has 1 aromatic carbocycles. The van der Waals surface area contributed by atoms with E-state index in [-0.39, 0.29) is 11.9 Å². The van der Waals surface area contributed by atoms with Crippen LogP contribution >= 0.6 is 0 Å². The van der Waals surface area contributed by atoms with Crippen molar-refractivity contribution in [2.24, 2.45) is 0 Å². The third kappa shape index (κ3) is 3.24. The Morgan fingerprint density at radius 2 is 1.91 bits per heavy atom. The van der Waals surface area contributed by atoms with Crippen molar-refractivity contribution in [3.63, 3.8) is 0 Å². The topological polar surface area (TPSA) is 58.1 Å². The van der Waals surface area contributed by atoms with Crippen LogP contribution in [0.4, 0.5) is 5.95 Å². The van der Waals surface area contributed by atoms with Crippen LogP contribution in [0.3, 0.4) is 0 Å². The Balaban J connectivity index is 1.72. The molecule has 1 amide bonds. The van der Waals surface area contributed by atoms with E-state index in [4.69, 9.17) is 0 Å². The molecule has 3 rings (SSSR count). The molecular formula is C17H20N4O. The monoisotopic (exact) mass is 296 g/mol. The van der Waals surface area contributed by atoms with Gasteiger partial charge in [-0.15, -0.1) is 0 Å². The Labute approximate surface area is 130 Å². The largest absolute Gasteiger partial charge is 0.348 e. The molecule has 1 unspecified atom stereocenters. The lowest BCUT2D eigenvalue weighted by atomic mass is 10.1. The SMILES string of the molecule is CC(Nc1nccc(C(=O)N2CCCC2)n1)c1ccccc1. The highest BCUT2D eigenvalue weighted by Crippen LogP contribution is 2.17. The van der Waals surface area contributed by atoms with Gasteiger partial charge in [0.1, 0.15) is 5.69 Å². The molecule has 2 aromatic rings. The number of carbonyl (C=O) groups is 1. The molecule has 1 saturated heterocycles. The van der Waals surface area contributed by atoms with E-state index in [1.54, 1.807) is 12.3 Å². The standard InChI is InChI=1S/C17H20N4O/c1-13(14-7-3-2-4-8-14)19-17-18-10-9-15(20-17)16(22)21-11-5-6-12-21/h2-4,7-10,13H,5-6,11-12H2,1H3,(H,18,19,20). The van der Waals surface area contributed by atoms with Gasteiger partial charge in [0.2, 0.25) is 5.95 Å². The lowest BCUT2D eigenvalue weighted by molar-refractivity contribution is 0.0787. The first kappa shape index (κ1) is 14.5. The number of benzene rings is 1. The summed E-state index contributed by atoms with van der Waals surface area (Å²) in [4.78, 5) is 22.8. The molecule has 22 heavy (non-hydrogen) atoms. The van der Waals surface area contributed by atoms with E-state index in [1.807, 2.05) is 30.0 Å². The molecule has 2 heterocycles. The molecule has 0 spiro atoms. The molecule has 1 aliphatic heterocycles. The van der Waals surface area contributed by atoms with Crippen LogP contribution in [0, 0.1) is 0 Å². The molecule has 1 aromatic heterocycles. The van der Waals surface area contributed by atoms with Crippen LogP contribution in [0.1, 0.15) is 41.9 Å². The predicted molar refractivity (Wildman–Crippen MR) is 85.6 cm³/mol. The Kier molecular flexibility index (Phi) is 4.32. The molecule has 5 heteroatoms. The zero-order valence-corrected chi connectivity index (χ0v) is 12.7. The van der Waals surface area contributed by atoms with Gasteiger partial charge in [0.25, 0.3) is 5.91 Å². The summed E-state index contributed by atoms with van der Waals surface area (Å²) in [6, 6.07) is 11.9. The van der Waals surface area contributed by atoms with Gasteiger partial charge in [-0.2, -0.15) is 0 Å². The van der Waals surface area contributed by atoms with Crippen molar-refractivity contribution in [1.29, 1.82) is 0 Å². The van der Waals surface area contributed by atoms with E-state index in [2.05, 4.69) is 27.4 Å². The Morgan fingerprint density at radius 3 is 2.64 bits per heavy atom. The lowest BCUT2D eigenvalue weighted by Crippen LogP contribution is -2.28. The quantitative estimate of drug-likeness (QED) is 0.942. The summed E-state index contributed by atoms with van der Waals surface area (Å²) in [6.45, 7) is 3.70. The van der Waals surface area contributed by atoms with Gasteiger partial charge >= 0.3 is 0 Å². The summed E-state index contributed by atoms with van der Waals surface area (Å²) in [5.41, 5.74) is 1.61. The molecule has 1 atom stereocenters. The van der Waals surface area contributed by atoms with Gasteiger partial charge in [0.05, 0.1) is 6.04 Å². The van der Waals surface area contributed by atoms with Gasteiger partial charge in [-0.05, 0) is 31.4 Å². The average molecular weight is 296 g/mol. The molecule has 114 valence electrons. The zero-order valence-electron chi connectivity index (χ0n) is 12.7. The van der Waals surface area contributed by atoms with Crippen molar-refractivity contribution in [3.8, 4) is 0 Å². The van der Waals surface area contributed by atoms with Gasteiger partial charge < -0.3 is 10.2 Å². The number of likely N-dealkylation sites (tertiary alicyclic amines) is 1. The average Bonchev–Trinajstić information content (AvgIpc) is 3.09. The summed E-state index contributed by atoms with van der Waals surface area (Å²) in [7, 11) is 0. The van der Waals surface area contributed by atoms with E-state index >= 15 is 0 Å². The van der Waals surface area contributed by atoms with Crippen molar-refractivity contribution >= 4 is 11.9 Å². The van der Waals surface area contributed by atoms with Gasteiger partial charge in [-0.25, -0.2) is 9.97 Å². The molecule has 0 aliphatic carbocycles. The molecule has 0 saturated carbocycles. The van der Waals surface area contributed by atoms with E-state index in [9.17, 15) is 4.79 Å². The van der Waals surface area contributed by atoms with Crippen LogP contribution in [0.15, 0.2) is 42.6 Å². The molecule has 0 radical (unpaired) electrons. The van der Waals surface area contributed by atoms with Gasteiger partial charge in [0, 0.05) is 19.3 Å². The van der Waals surface area contributed by atoms with Crippen molar-refractivity contribution in [2.45, 2.75) is 25.8 Å². The summed E-state index contributed by atoms with van der Waals surface area (Å²) in [5, 5.41) is 3.25. The van der Waals surface area contributed by atoms with Gasteiger partial charge in [-0.3, -0.25) is 4.79 Å². The number of aromatic nitrogens is 2. The first-order valence-electron chi connectivity index (χ1n) is 7.68. The fourth-order valence-corrected chi connectivity index (χ4v) is 2.65. The van der Waals surface area contributed by atoms with Gasteiger partial charge in [-0.1, -0.05) is 30.3 Å². The number of rotatable bonds is 4. The first-order valence-corrected chi connectivity index (χ1v) is 7.68. The third-order valence-corrected chi connectivity index (χ3v) is 3.91. The summed E-state index contributed by atoms with van der Waals surface area (Å²) >= 11 is 0. The molecule has 5 nitrogen and oxygen atoms in total. The highest BCUT2D eigenvalue weighted by Gasteiger charge is 2.21. The lowest BCUT2D eigenvalue weighted by Gasteiger charge is -2.16. The fourth-order valence-electron chi connectivity index (χ4n) is 2.65. The molecule has 0 bridgehead atoms. The van der Waals surface area contributed by atoms with Crippen LogP contribution in [-0.2, 0) is 0 Å². The number of amides is 1. The minimum atomic E-state index is -0.00434. The first-order chi connectivity index (χ1) is 10.7. The summed E-state index contributed by atoms with van der Waals surface area (Å²) < 4.78 is 0. The molecule has 1 fully saturated rings. The number of hydrogen-bond acceptors (Lipinski definition) is 4. The number of nitrogens with zero attached hydrogens (tertiary/aromatic N) is 3. The normalized spacial score (nSPS) is 15.6. The second-order valence-electron chi connectivity index (χ2n) is 5.54. The van der Waals surface area contributed by atoms with Crippen LogP contribution in [-0.4, -0.2) is 33.9 Å². The number of carbonyl (C=O) groups excluding carboxylic acids is 1. The van der Waals surface area contributed by atoms with Crippen LogP contribution < -0.4 is 5.32 Å².